The standard InChI is InChI=1S/C13H18ClN3O/c1-17(2)13(5-3-6-13)9-16-12(18)10-4-7-15-8-11(10)14/h4,7-8H,3,5-6,9H2,1-2H3,(H,16,18). The lowest BCUT2D eigenvalue weighted by atomic mass is 9.75. The van der Waals surface area contributed by atoms with Gasteiger partial charge in [-0.25, -0.2) is 0 Å². The van der Waals surface area contributed by atoms with Gasteiger partial charge in [0.1, 0.15) is 0 Å². The Kier molecular flexibility index (Phi) is 3.88. The molecular formula is C13H18ClN3O. The van der Waals surface area contributed by atoms with E-state index in [1.54, 1.807) is 12.3 Å². The number of halogens is 1. The van der Waals surface area contributed by atoms with Crippen molar-refractivity contribution in [3.63, 3.8) is 0 Å². The van der Waals surface area contributed by atoms with Crippen LogP contribution in [-0.4, -0.2) is 42.0 Å². The van der Waals surface area contributed by atoms with Gasteiger partial charge in [-0.3, -0.25) is 9.78 Å². The van der Waals surface area contributed by atoms with Crippen molar-refractivity contribution in [1.82, 2.24) is 15.2 Å². The predicted octanol–water partition coefficient (Wildman–Crippen LogP) is 1.95. The summed E-state index contributed by atoms with van der Waals surface area (Å²) in [5, 5.41) is 3.36. The van der Waals surface area contributed by atoms with Crippen LogP contribution in [0.25, 0.3) is 0 Å². The van der Waals surface area contributed by atoms with Gasteiger partial charge in [0.25, 0.3) is 5.91 Å². The van der Waals surface area contributed by atoms with E-state index in [1.165, 1.54) is 12.6 Å². The molecule has 1 N–H and O–H groups in total. The van der Waals surface area contributed by atoms with Crippen molar-refractivity contribution in [3.8, 4) is 0 Å². The van der Waals surface area contributed by atoms with Crippen molar-refractivity contribution >= 4 is 17.5 Å². The fourth-order valence-corrected chi connectivity index (χ4v) is 2.47. The third kappa shape index (κ3) is 2.49. The first-order valence-electron chi connectivity index (χ1n) is 6.10. The Morgan fingerprint density at radius 3 is 2.78 bits per heavy atom. The first-order chi connectivity index (χ1) is 8.55. The van der Waals surface area contributed by atoms with Crippen LogP contribution in [0.4, 0.5) is 0 Å². The maximum absolute atomic E-state index is 12.0. The van der Waals surface area contributed by atoms with Crippen molar-refractivity contribution in [1.29, 1.82) is 0 Å². The van der Waals surface area contributed by atoms with E-state index in [9.17, 15) is 4.79 Å². The van der Waals surface area contributed by atoms with Gasteiger partial charge in [0.15, 0.2) is 0 Å². The number of hydrogen-bond acceptors (Lipinski definition) is 3. The Morgan fingerprint density at radius 2 is 2.28 bits per heavy atom. The van der Waals surface area contributed by atoms with Gasteiger partial charge in [0.05, 0.1) is 10.6 Å². The lowest BCUT2D eigenvalue weighted by Crippen LogP contribution is -2.57. The molecule has 0 unspecified atom stereocenters. The zero-order valence-corrected chi connectivity index (χ0v) is 11.5. The number of rotatable bonds is 4. The Morgan fingerprint density at radius 1 is 1.56 bits per heavy atom. The summed E-state index contributed by atoms with van der Waals surface area (Å²) in [4.78, 5) is 18.1. The highest BCUT2D eigenvalue weighted by Crippen LogP contribution is 2.35. The Hall–Kier alpha value is -1.13. The number of nitrogens with zero attached hydrogens (tertiary/aromatic N) is 2. The summed E-state index contributed by atoms with van der Waals surface area (Å²) >= 11 is 5.95. The van der Waals surface area contributed by atoms with Crippen LogP contribution in [0.3, 0.4) is 0 Å². The first-order valence-corrected chi connectivity index (χ1v) is 6.48. The number of amides is 1. The van der Waals surface area contributed by atoms with E-state index in [1.807, 2.05) is 0 Å². The molecule has 0 saturated heterocycles. The summed E-state index contributed by atoms with van der Waals surface area (Å²) in [6.45, 7) is 0.664. The lowest BCUT2D eigenvalue weighted by Gasteiger charge is -2.47. The molecule has 1 saturated carbocycles. The zero-order valence-electron chi connectivity index (χ0n) is 10.7. The van der Waals surface area contributed by atoms with Gasteiger partial charge in [-0.2, -0.15) is 0 Å². The third-order valence-electron chi connectivity index (χ3n) is 3.83. The van der Waals surface area contributed by atoms with Gasteiger partial charge >= 0.3 is 0 Å². The fourth-order valence-electron chi connectivity index (χ4n) is 2.27. The number of hydrogen-bond donors (Lipinski definition) is 1. The fraction of sp³-hybridized carbons (Fsp3) is 0.538. The quantitative estimate of drug-likeness (QED) is 0.907. The maximum atomic E-state index is 12.0. The largest absolute Gasteiger partial charge is 0.350 e. The molecule has 5 heteroatoms. The summed E-state index contributed by atoms with van der Waals surface area (Å²) in [5.41, 5.74) is 0.606. The predicted molar refractivity (Wildman–Crippen MR) is 71.8 cm³/mol. The van der Waals surface area contributed by atoms with E-state index >= 15 is 0 Å². The van der Waals surface area contributed by atoms with Crippen LogP contribution in [0.2, 0.25) is 5.02 Å². The average Bonchev–Trinajstić information content (AvgIpc) is 2.27. The van der Waals surface area contributed by atoms with Crippen LogP contribution < -0.4 is 5.32 Å². The molecule has 1 aromatic heterocycles. The highest BCUT2D eigenvalue weighted by molar-refractivity contribution is 6.33. The molecule has 1 heterocycles. The van der Waals surface area contributed by atoms with E-state index in [0.29, 0.717) is 17.1 Å². The Balaban J connectivity index is 1.99. The van der Waals surface area contributed by atoms with Crippen molar-refractivity contribution < 1.29 is 4.79 Å². The molecule has 4 nitrogen and oxygen atoms in total. The first kappa shape index (κ1) is 13.3. The number of nitrogens with one attached hydrogen (secondary N) is 1. The number of likely N-dealkylation sites (N-methyl/N-ethyl adjacent to an activating group) is 1. The van der Waals surface area contributed by atoms with Gasteiger partial charge in [-0.05, 0) is 39.4 Å². The molecule has 0 bridgehead atoms. The van der Waals surface area contributed by atoms with Gasteiger partial charge in [-0.1, -0.05) is 11.6 Å². The van der Waals surface area contributed by atoms with E-state index in [0.717, 1.165) is 12.8 Å². The maximum Gasteiger partial charge on any atom is 0.252 e. The summed E-state index contributed by atoms with van der Waals surface area (Å²) in [6, 6.07) is 1.64. The highest BCUT2D eigenvalue weighted by atomic mass is 35.5. The molecule has 1 amide bonds. The van der Waals surface area contributed by atoms with Crippen molar-refractivity contribution in [3.05, 3.63) is 29.0 Å². The van der Waals surface area contributed by atoms with Crippen LogP contribution in [0.5, 0.6) is 0 Å². The normalized spacial score (nSPS) is 17.3. The SMILES string of the molecule is CN(C)C1(CNC(=O)c2ccncc2Cl)CCC1. The molecule has 18 heavy (non-hydrogen) atoms. The molecular weight excluding hydrogens is 250 g/mol. The van der Waals surface area contributed by atoms with Crippen LogP contribution in [-0.2, 0) is 0 Å². The third-order valence-corrected chi connectivity index (χ3v) is 4.13. The van der Waals surface area contributed by atoms with E-state index < -0.39 is 0 Å². The average molecular weight is 268 g/mol. The zero-order chi connectivity index (χ0) is 13.2. The second-order valence-electron chi connectivity index (χ2n) is 5.01. The topological polar surface area (TPSA) is 45.2 Å². The molecule has 1 aliphatic rings. The van der Waals surface area contributed by atoms with Crippen LogP contribution in [0, 0.1) is 0 Å². The Bertz CT molecular complexity index is 444. The van der Waals surface area contributed by atoms with Gasteiger partial charge in [-0.15, -0.1) is 0 Å². The minimum Gasteiger partial charge on any atom is -0.350 e. The van der Waals surface area contributed by atoms with E-state index in [2.05, 4.69) is 29.3 Å². The van der Waals surface area contributed by atoms with Gasteiger partial charge in [0.2, 0.25) is 0 Å². The molecule has 98 valence electrons. The Labute approximate surface area is 112 Å². The minimum atomic E-state index is -0.129. The molecule has 1 aromatic rings. The van der Waals surface area contributed by atoms with Crippen molar-refractivity contribution in [2.24, 2.45) is 0 Å². The smallest absolute Gasteiger partial charge is 0.252 e. The summed E-state index contributed by atoms with van der Waals surface area (Å²) in [7, 11) is 4.12. The number of carbonyl (C=O) groups excluding carboxylic acids is 1. The molecule has 2 rings (SSSR count). The van der Waals surface area contributed by atoms with Crippen molar-refractivity contribution in [2.45, 2.75) is 24.8 Å². The monoisotopic (exact) mass is 267 g/mol. The molecule has 0 atom stereocenters. The molecule has 0 aromatic carbocycles. The molecule has 0 aliphatic heterocycles. The van der Waals surface area contributed by atoms with E-state index in [-0.39, 0.29) is 11.4 Å². The van der Waals surface area contributed by atoms with Crippen LogP contribution in [0.15, 0.2) is 18.5 Å². The summed E-state index contributed by atoms with van der Waals surface area (Å²) in [6.07, 6.45) is 6.55. The lowest BCUT2D eigenvalue weighted by molar-refractivity contribution is 0.0557. The molecule has 1 fully saturated rings. The number of aromatic nitrogens is 1. The summed E-state index contributed by atoms with van der Waals surface area (Å²) < 4.78 is 0. The van der Waals surface area contributed by atoms with Gasteiger partial charge < -0.3 is 10.2 Å². The number of carbonyl (C=O) groups is 1. The second-order valence-corrected chi connectivity index (χ2v) is 5.42. The van der Waals surface area contributed by atoms with Gasteiger partial charge in [0, 0.05) is 24.5 Å². The molecule has 1 aliphatic carbocycles. The highest BCUT2D eigenvalue weighted by Gasteiger charge is 2.39. The molecule has 0 radical (unpaired) electrons. The summed E-state index contributed by atoms with van der Waals surface area (Å²) in [5.74, 6) is -0.129. The van der Waals surface area contributed by atoms with Crippen molar-refractivity contribution in [2.75, 3.05) is 20.6 Å². The minimum absolute atomic E-state index is 0.120. The van der Waals surface area contributed by atoms with Crippen LogP contribution in [0.1, 0.15) is 29.6 Å². The number of pyridine rings is 1. The van der Waals surface area contributed by atoms with Crippen LogP contribution >= 0.6 is 11.6 Å². The molecule has 0 spiro atoms. The second kappa shape index (κ2) is 5.24. The van der Waals surface area contributed by atoms with E-state index in [4.69, 9.17) is 11.6 Å².